The molecule has 9 heteroatoms. The van der Waals surface area contributed by atoms with Gasteiger partial charge in [0, 0.05) is 12.8 Å². The lowest BCUT2D eigenvalue weighted by Gasteiger charge is -2.18. The molecule has 0 aromatic rings. The largest absolute Gasteiger partial charge is 0.469 e. The van der Waals surface area contributed by atoms with Crippen molar-refractivity contribution in [2.45, 2.75) is 245 Å². The van der Waals surface area contributed by atoms with Crippen molar-refractivity contribution in [2.24, 2.45) is 5.92 Å². The van der Waals surface area contributed by atoms with E-state index in [-0.39, 0.29) is 19.4 Å². The van der Waals surface area contributed by atoms with E-state index in [0.717, 1.165) is 38.0 Å². The third kappa shape index (κ3) is 40.2. The fourth-order valence-corrected chi connectivity index (χ4v) is 7.06. The maximum atomic E-state index is 12.4. The zero-order valence-electron chi connectivity index (χ0n) is 34.4. The Bertz CT molecular complexity index is 832. The van der Waals surface area contributed by atoms with E-state index in [1.165, 1.54) is 167 Å². The van der Waals surface area contributed by atoms with Crippen LogP contribution in [-0.4, -0.2) is 41.0 Å². The second-order valence-corrected chi connectivity index (χ2v) is 16.9. The van der Waals surface area contributed by atoms with Gasteiger partial charge < -0.3 is 19.3 Å². The summed E-state index contributed by atoms with van der Waals surface area (Å²) in [6.07, 6.45) is 39.6. The van der Waals surface area contributed by atoms with Crippen molar-refractivity contribution in [1.29, 1.82) is 0 Å². The van der Waals surface area contributed by atoms with Crippen LogP contribution in [0.1, 0.15) is 239 Å². The topological polar surface area (TPSA) is 119 Å². The number of rotatable bonds is 41. The van der Waals surface area contributed by atoms with Crippen LogP contribution in [0.15, 0.2) is 0 Å². The summed E-state index contributed by atoms with van der Waals surface area (Å²) in [5.41, 5.74) is 0. The molecule has 0 aliphatic heterocycles. The first kappa shape index (κ1) is 51.0. The third-order valence-electron chi connectivity index (χ3n) is 10.4. The number of phosphoric acid groups is 1. The van der Waals surface area contributed by atoms with Crippen molar-refractivity contribution in [2.75, 3.05) is 13.2 Å². The molecule has 0 amide bonds. The van der Waals surface area contributed by atoms with E-state index in [2.05, 4.69) is 25.3 Å². The summed E-state index contributed by atoms with van der Waals surface area (Å²) in [5.74, 6) is 0.0175. The van der Waals surface area contributed by atoms with Crippen LogP contribution in [0.2, 0.25) is 0 Å². The molecule has 310 valence electrons. The SMILES string of the molecule is CCCCCCCCCCCCCCCCCCC(=O)O[C@H](COC(=O)CCCCCCCCCCCCCCCCC(C)CC)COP(=O)(O)O. The van der Waals surface area contributed by atoms with Crippen LogP contribution in [0.3, 0.4) is 0 Å². The van der Waals surface area contributed by atoms with Crippen LogP contribution in [0.5, 0.6) is 0 Å². The van der Waals surface area contributed by atoms with Crippen molar-refractivity contribution >= 4 is 19.8 Å². The number of ether oxygens (including phenoxy) is 2. The first-order chi connectivity index (χ1) is 25.2. The second-order valence-electron chi connectivity index (χ2n) is 15.6. The quantitative estimate of drug-likeness (QED) is 0.0359. The molecule has 0 aliphatic rings. The van der Waals surface area contributed by atoms with Gasteiger partial charge in [-0.15, -0.1) is 0 Å². The molecule has 8 nitrogen and oxygen atoms in total. The number of unbranched alkanes of at least 4 members (excludes halogenated alkanes) is 28. The predicted molar refractivity (Wildman–Crippen MR) is 216 cm³/mol. The Morgan fingerprint density at radius 3 is 1.21 bits per heavy atom. The van der Waals surface area contributed by atoms with Crippen LogP contribution < -0.4 is 0 Å². The van der Waals surface area contributed by atoms with E-state index in [1.54, 1.807) is 0 Å². The van der Waals surface area contributed by atoms with Gasteiger partial charge in [-0.1, -0.05) is 213 Å². The van der Waals surface area contributed by atoms with Gasteiger partial charge in [-0.2, -0.15) is 0 Å². The average Bonchev–Trinajstić information content (AvgIpc) is 3.11. The molecule has 0 aliphatic carbocycles. The molecule has 0 rings (SSSR count). The van der Waals surface area contributed by atoms with Crippen LogP contribution in [0.25, 0.3) is 0 Å². The molecule has 0 aromatic carbocycles. The minimum absolute atomic E-state index is 0.220. The molecule has 0 saturated heterocycles. The molecule has 0 aromatic heterocycles. The molecular weight excluding hydrogens is 675 g/mol. The molecule has 0 heterocycles. The molecule has 0 fully saturated rings. The second kappa shape index (κ2) is 38.3. The Hall–Kier alpha value is -0.950. The van der Waals surface area contributed by atoms with Gasteiger partial charge in [-0.3, -0.25) is 14.1 Å². The van der Waals surface area contributed by atoms with E-state index in [9.17, 15) is 14.2 Å². The predicted octanol–water partition coefficient (Wildman–Crippen LogP) is 13.5. The fraction of sp³-hybridized carbons (Fsp3) is 0.953. The van der Waals surface area contributed by atoms with Gasteiger partial charge in [0.25, 0.3) is 0 Å². The lowest BCUT2D eigenvalue weighted by Crippen LogP contribution is -2.29. The van der Waals surface area contributed by atoms with E-state index in [0.29, 0.717) is 6.42 Å². The molecule has 0 saturated carbocycles. The van der Waals surface area contributed by atoms with Gasteiger partial charge in [-0.05, 0) is 18.8 Å². The number of hydrogen-bond donors (Lipinski definition) is 2. The normalized spacial score (nSPS) is 12.9. The smallest absolute Gasteiger partial charge is 0.462 e. The van der Waals surface area contributed by atoms with Crippen molar-refractivity contribution in [3.63, 3.8) is 0 Å². The summed E-state index contributed by atoms with van der Waals surface area (Å²) in [6, 6.07) is 0. The van der Waals surface area contributed by atoms with Crippen LogP contribution in [-0.2, 0) is 28.2 Å². The van der Waals surface area contributed by atoms with E-state index >= 15 is 0 Å². The average molecular weight is 761 g/mol. The summed E-state index contributed by atoms with van der Waals surface area (Å²) in [7, 11) is -4.75. The highest BCUT2D eigenvalue weighted by atomic mass is 31.2. The Kier molecular flexibility index (Phi) is 37.6. The molecular formula is C43H85O8P. The number of hydrogen-bond acceptors (Lipinski definition) is 6. The van der Waals surface area contributed by atoms with Gasteiger partial charge in [0.15, 0.2) is 6.10 Å². The zero-order valence-corrected chi connectivity index (χ0v) is 35.3. The van der Waals surface area contributed by atoms with Crippen molar-refractivity contribution < 1.29 is 37.9 Å². The Balaban J connectivity index is 3.84. The van der Waals surface area contributed by atoms with E-state index in [1.807, 2.05) is 0 Å². The highest BCUT2D eigenvalue weighted by molar-refractivity contribution is 7.46. The lowest BCUT2D eigenvalue weighted by atomic mass is 9.99. The first-order valence-corrected chi connectivity index (χ1v) is 23.8. The summed E-state index contributed by atoms with van der Waals surface area (Å²) >= 11 is 0. The number of esters is 2. The van der Waals surface area contributed by atoms with Gasteiger partial charge in [0.2, 0.25) is 0 Å². The maximum Gasteiger partial charge on any atom is 0.469 e. The van der Waals surface area contributed by atoms with Crippen LogP contribution >= 0.6 is 7.82 Å². The molecule has 1 unspecified atom stereocenters. The zero-order chi connectivity index (χ0) is 38.4. The summed E-state index contributed by atoms with van der Waals surface area (Å²) in [5, 5.41) is 0. The van der Waals surface area contributed by atoms with E-state index < -0.39 is 32.5 Å². The summed E-state index contributed by atoms with van der Waals surface area (Å²) < 4.78 is 26.4. The fourth-order valence-electron chi connectivity index (χ4n) is 6.70. The third-order valence-corrected chi connectivity index (χ3v) is 10.9. The number of carbonyl (C=O) groups excluding carboxylic acids is 2. The highest BCUT2D eigenvalue weighted by Crippen LogP contribution is 2.36. The van der Waals surface area contributed by atoms with Crippen LogP contribution in [0, 0.1) is 5.92 Å². The number of phosphoric ester groups is 1. The molecule has 0 radical (unpaired) electrons. The summed E-state index contributed by atoms with van der Waals surface area (Å²) in [6.45, 7) is 6.10. The Morgan fingerprint density at radius 2 is 0.846 bits per heavy atom. The van der Waals surface area contributed by atoms with Crippen molar-refractivity contribution in [1.82, 2.24) is 0 Å². The maximum absolute atomic E-state index is 12.4. The van der Waals surface area contributed by atoms with Gasteiger partial charge >= 0.3 is 19.8 Å². The highest BCUT2D eigenvalue weighted by Gasteiger charge is 2.23. The van der Waals surface area contributed by atoms with Crippen molar-refractivity contribution in [3.8, 4) is 0 Å². The molecule has 0 spiro atoms. The van der Waals surface area contributed by atoms with Crippen LogP contribution in [0.4, 0.5) is 0 Å². The van der Waals surface area contributed by atoms with Gasteiger partial charge in [-0.25, -0.2) is 4.57 Å². The molecule has 52 heavy (non-hydrogen) atoms. The van der Waals surface area contributed by atoms with Gasteiger partial charge in [0.1, 0.15) is 6.61 Å². The number of carbonyl (C=O) groups is 2. The first-order valence-electron chi connectivity index (χ1n) is 22.2. The minimum atomic E-state index is -4.75. The van der Waals surface area contributed by atoms with E-state index in [4.69, 9.17) is 19.3 Å². The minimum Gasteiger partial charge on any atom is -0.462 e. The molecule has 2 atom stereocenters. The Morgan fingerprint density at radius 1 is 0.500 bits per heavy atom. The monoisotopic (exact) mass is 761 g/mol. The van der Waals surface area contributed by atoms with Crippen molar-refractivity contribution in [3.05, 3.63) is 0 Å². The standard InChI is InChI=1S/C43H85O8P/c1-4-6-7-8-9-10-11-12-13-14-19-22-25-28-31-34-37-43(45)51-41(39-50-52(46,47)48)38-49-42(44)36-33-30-27-24-21-18-16-15-17-20-23-26-29-32-35-40(3)5-2/h40-41H,4-39H2,1-3H3,(H2,46,47,48)/t40?,41-/m1/s1. The molecule has 0 bridgehead atoms. The Labute approximate surface area is 321 Å². The van der Waals surface area contributed by atoms with Gasteiger partial charge in [0.05, 0.1) is 6.61 Å². The molecule has 2 N–H and O–H groups in total. The lowest BCUT2D eigenvalue weighted by molar-refractivity contribution is -0.161. The summed E-state index contributed by atoms with van der Waals surface area (Å²) in [4.78, 5) is 42.9.